The van der Waals surface area contributed by atoms with Crippen molar-refractivity contribution < 1.29 is 0 Å². The summed E-state index contributed by atoms with van der Waals surface area (Å²) < 4.78 is 0. The molecule has 12 aromatic rings. The van der Waals surface area contributed by atoms with Gasteiger partial charge in [0.05, 0.1) is 0 Å². The van der Waals surface area contributed by atoms with Crippen LogP contribution in [0.25, 0.3) is 33.4 Å². The molecule has 0 bridgehead atoms. The van der Waals surface area contributed by atoms with Crippen LogP contribution in [0.15, 0.2) is 328 Å². The molecule has 0 spiro atoms. The van der Waals surface area contributed by atoms with Gasteiger partial charge in [-0.3, -0.25) is 0 Å². The second kappa shape index (κ2) is 21.9. The number of benzene rings is 12. The fourth-order valence-corrected chi connectivity index (χ4v) is 10.1. The first-order valence-corrected chi connectivity index (χ1v) is 25.8. The van der Waals surface area contributed by atoms with Crippen LogP contribution in [0, 0.1) is 0 Å². The molecule has 0 radical (unpaired) electrons. The fourth-order valence-electron chi connectivity index (χ4n) is 10.1. The molecule has 4 heteroatoms. The second-order valence-electron chi connectivity index (χ2n) is 18.6. The third-order valence-corrected chi connectivity index (χ3v) is 13.8. The Morgan fingerprint density at radius 1 is 0.118 bits per heavy atom. The second-order valence-corrected chi connectivity index (χ2v) is 18.6. The van der Waals surface area contributed by atoms with E-state index in [2.05, 4.69) is 347 Å². The van der Waals surface area contributed by atoms with Gasteiger partial charge in [-0.1, -0.05) is 182 Å². The molecular weight excluding hydrogens is 921 g/mol. The standard InChI is InChI=1S/C72H54N4/c1-7-21-61(22-8-1)73(62-23-9-2-10-24-62)67-44-34-55(35-45-67)57-38-48-69(49-39-57)75(65-29-15-5-16-30-65)70-52-42-59(43-53-70)60-20-19-33-72(54-60)76(66-31-17-6-18-32-66)71-50-40-58(41-51-71)56-36-46-68(47-37-56)74(63-25-11-3-12-26-63)64-27-13-4-14-28-64/h1-54H. The van der Waals surface area contributed by atoms with Crippen molar-refractivity contribution in [2.24, 2.45) is 0 Å². The van der Waals surface area contributed by atoms with Gasteiger partial charge in [-0.05, 0) is 179 Å². The van der Waals surface area contributed by atoms with Crippen LogP contribution in [-0.4, -0.2) is 0 Å². The summed E-state index contributed by atoms with van der Waals surface area (Å²) in [6.07, 6.45) is 0. The Hall–Kier alpha value is -10.2. The molecule has 76 heavy (non-hydrogen) atoms. The summed E-state index contributed by atoms with van der Waals surface area (Å²) in [7, 11) is 0. The Morgan fingerprint density at radius 3 is 0.513 bits per heavy atom. The van der Waals surface area contributed by atoms with Gasteiger partial charge in [-0.2, -0.15) is 0 Å². The minimum atomic E-state index is 1.08. The number of para-hydroxylation sites is 6. The van der Waals surface area contributed by atoms with Crippen molar-refractivity contribution in [1.29, 1.82) is 0 Å². The number of hydrogen-bond acceptors (Lipinski definition) is 4. The van der Waals surface area contributed by atoms with Crippen molar-refractivity contribution in [2.75, 3.05) is 19.6 Å². The maximum Gasteiger partial charge on any atom is 0.0467 e. The summed E-state index contributed by atoms with van der Waals surface area (Å²) >= 11 is 0. The Bertz CT molecular complexity index is 3670. The number of hydrogen-bond donors (Lipinski definition) is 0. The fraction of sp³-hybridized carbons (Fsp3) is 0. The van der Waals surface area contributed by atoms with E-state index in [1.807, 2.05) is 0 Å². The van der Waals surface area contributed by atoms with Crippen LogP contribution < -0.4 is 19.6 Å². The van der Waals surface area contributed by atoms with Crippen LogP contribution in [0.1, 0.15) is 0 Å². The number of nitrogens with zero attached hydrogens (tertiary/aromatic N) is 4. The zero-order valence-electron chi connectivity index (χ0n) is 42.0. The van der Waals surface area contributed by atoms with Gasteiger partial charge in [0.1, 0.15) is 0 Å². The van der Waals surface area contributed by atoms with E-state index in [1.165, 1.54) is 0 Å². The van der Waals surface area contributed by atoms with Crippen LogP contribution in [0.2, 0.25) is 0 Å². The highest BCUT2D eigenvalue weighted by Crippen LogP contribution is 2.42. The Balaban J connectivity index is 0.795. The first-order valence-electron chi connectivity index (χ1n) is 25.8. The van der Waals surface area contributed by atoms with Gasteiger partial charge in [0.25, 0.3) is 0 Å². The van der Waals surface area contributed by atoms with Crippen LogP contribution >= 0.6 is 0 Å². The summed E-state index contributed by atoms with van der Waals surface area (Å²) in [6, 6.07) is 117. The highest BCUT2D eigenvalue weighted by molar-refractivity contribution is 5.85. The topological polar surface area (TPSA) is 13.0 Å². The van der Waals surface area contributed by atoms with Gasteiger partial charge in [0.2, 0.25) is 0 Å². The minimum Gasteiger partial charge on any atom is -0.311 e. The average Bonchev–Trinajstić information content (AvgIpc) is 3.51. The van der Waals surface area contributed by atoms with E-state index in [4.69, 9.17) is 0 Å². The van der Waals surface area contributed by atoms with E-state index in [0.717, 1.165) is 102 Å². The summed E-state index contributed by atoms with van der Waals surface area (Å²) in [4.78, 5) is 9.24. The predicted octanol–water partition coefficient (Wildman–Crippen LogP) is 20.6. The zero-order chi connectivity index (χ0) is 50.9. The molecule has 4 nitrogen and oxygen atoms in total. The number of rotatable bonds is 15. The largest absolute Gasteiger partial charge is 0.311 e. The highest BCUT2D eigenvalue weighted by Gasteiger charge is 2.18. The molecule has 0 atom stereocenters. The molecule has 0 saturated carbocycles. The van der Waals surface area contributed by atoms with Crippen molar-refractivity contribution in [1.82, 2.24) is 0 Å². The lowest BCUT2D eigenvalue weighted by atomic mass is 10.0. The number of anilines is 12. The van der Waals surface area contributed by atoms with Gasteiger partial charge in [-0.15, -0.1) is 0 Å². The van der Waals surface area contributed by atoms with Crippen LogP contribution in [-0.2, 0) is 0 Å². The SMILES string of the molecule is c1ccc(N(c2ccccc2)c2ccc(-c3ccc(N(c4ccccc4)c4ccc(-c5cccc(N(c6ccccc6)c6ccc(-c7ccc(N(c8ccccc8)c8ccccc8)cc7)cc6)c5)cc4)cc3)cc2)cc1. The van der Waals surface area contributed by atoms with E-state index in [9.17, 15) is 0 Å². The molecule has 362 valence electrons. The normalized spacial score (nSPS) is 10.9. The molecular formula is C72H54N4. The first-order chi connectivity index (χ1) is 37.7. The first kappa shape index (κ1) is 46.9. The summed E-state index contributed by atoms with van der Waals surface area (Å²) in [6.45, 7) is 0. The van der Waals surface area contributed by atoms with Gasteiger partial charge >= 0.3 is 0 Å². The molecule has 12 rings (SSSR count). The molecule has 0 aliphatic carbocycles. The van der Waals surface area contributed by atoms with Gasteiger partial charge in [0, 0.05) is 68.2 Å². The van der Waals surface area contributed by atoms with E-state index in [1.54, 1.807) is 0 Å². The summed E-state index contributed by atoms with van der Waals surface area (Å²) in [5.74, 6) is 0. The lowest BCUT2D eigenvalue weighted by Gasteiger charge is -2.27. The molecule has 0 aromatic heterocycles. The lowest BCUT2D eigenvalue weighted by Crippen LogP contribution is -2.10. The van der Waals surface area contributed by atoms with Crippen molar-refractivity contribution in [3.63, 3.8) is 0 Å². The maximum atomic E-state index is 2.33. The highest BCUT2D eigenvalue weighted by atomic mass is 15.2. The van der Waals surface area contributed by atoms with E-state index in [-0.39, 0.29) is 0 Å². The molecule has 0 fully saturated rings. The quantitative estimate of drug-likeness (QED) is 0.101. The Morgan fingerprint density at radius 2 is 0.289 bits per heavy atom. The summed E-state index contributed by atoms with van der Waals surface area (Å²) in [5, 5.41) is 0. The van der Waals surface area contributed by atoms with Gasteiger partial charge in [0.15, 0.2) is 0 Å². The Kier molecular flexibility index (Phi) is 13.5. The van der Waals surface area contributed by atoms with Crippen LogP contribution in [0.5, 0.6) is 0 Å². The van der Waals surface area contributed by atoms with Crippen molar-refractivity contribution in [3.8, 4) is 33.4 Å². The van der Waals surface area contributed by atoms with E-state index < -0.39 is 0 Å². The molecule has 0 amide bonds. The predicted molar refractivity (Wildman–Crippen MR) is 321 cm³/mol. The molecule has 0 unspecified atom stereocenters. The molecule has 0 aliphatic heterocycles. The van der Waals surface area contributed by atoms with Gasteiger partial charge in [-0.25, -0.2) is 0 Å². The van der Waals surface area contributed by atoms with E-state index in [0.29, 0.717) is 0 Å². The molecule has 0 heterocycles. The molecule has 12 aromatic carbocycles. The van der Waals surface area contributed by atoms with Crippen LogP contribution in [0.3, 0.4) is 0 Å². The molecule has 0 aliphatic rings. The maximum absolute atomic E-state index is 2.33. The third kappa shape index (κ3) is 10.1. The lowest BCUT2D eigenvalue weighted by molar-refractivity contribution is 1.28. The zero-order valence-corrected chi connectivity index (χ0v) is 42.0. The van der Waals surface area contributed by atoms with E-state index >= 15 is 0 Å². The van der Waals surface area contributed by atoms with Crippen molar-refractivity contribution in [3.05, 3.63) is 328 Å². The third-order valence-electron chi connectivity index (χ3n) is 13.8. The van der Waals surface area contributed by atoms with Crippen LogP contribution in [0.4, 0.5) is 68.2 Å². The van der Waals surface area contributed by atoms with Crippen molar-refractivity contribution >= 4 is 68.2 Å². The monoisotopic (exact) mass is 974 g/mol. The van der Waals surface area contributed by atoms with Gasteiger partial charge < -0.3 is 19.6 Å². The van der Waals surface area contributed by atoms with Crippen molar-refractivity contribution in [2.45, 2.75) is 0 Å². The minimum absolute atomic E-state index is 1.08. The smallest absolute Gasteiger partial charge is 0.0467 e. The molecule has 0 saturated heterocycles. The Labute approximate surface area is 446 Å². The summed E-state index contributed by atoms with van der Waals surface area (Å²) in [5.41, 5.74) is 20.1. The molecule has 0 N–H and O–H groups in total. The average molecular weight is 975 g/mol.